The molecule has 0 radical (unpaired) electrons. The maximum atomic E-state index is 17.8. The number of hydrogen-bond donors (Lipinski definition) is 0. The number of fused-ring (bicyclic) bond motifs is 6. The van der Waals surface area contributed by atoms with Gasteiger partial charge < -0.3 is 9.13 Å². The van der Waals surface area contributed by atoms with Gasteiger partial charge in [-0.15, -0.1) is 0 Å². The van der Waals surface area contributed by atoms with E-state index in [0.29, 0.717) is 88.6 Å². The van der Waals surface area contributed by atoms with Gasteiger partial charge in [0.15, 0.2) is 0 Å². The quantitative estimate of drug-likeness (QED) is 0.121. The van der Waals surface area contributed by atoms with Crippen molar-refractivity contribution in [3.63, 3.8) is 0 Å². The lowest BCUT2D eigenvalue weighted by atomic mass is 9.96. The summed E-state index contributed by atoms with van der Waals surface area (Å²) in [5, 5.41) is 2.71. The van der Waals surface area contributed by atoms with Gasteiger partial charge in [-0.2, -0.15) is 13.2 Å². The van der Waals surface area contributed by atoms with E-state index in [1.54, 1.807) is 33.9 Å². The van der Waals surface area contributed by atoms with E-state index in [4.69, 9.17) is 19.9 Å². The number of pyridine rings is 4. The molecule has 0 atom stereocenters. The van der Waals surface area contributed by atoms with Crippen molar-refractivity contribution in [2.75, 3.05) is 0 Å². The molecular formula is C81H49F5N6. The molecule has 92 heavy (non-hydrogen) atoms. The van der Waals surface area contributed by atoms with Crippen LogP contribution in [0.5, 0.6) is 0 Å². The predicted octanol–water partition coefficient (Wildman–Crippen LogP) is 21.8. The van der Waals surface area contributed by atoms with Gasteiger partial charge in [0.05, 0.1) is 67.3 Å². The van der Waals surface area contributed by atoms with Gasteiger partial charge >= 0.3 is 6.18 Å². The van der Waals surface area contributed by atoms with Crippen molar-refractivity contribution in [1.82, 2.24) is 29.1 Å². The minimum atomic E-state index is -5.01. The van der Waals surface area contributed by atoms with Gasteiger partial charge in [0.1, 0.15) is 11.6 Å². The fraction of sp³-hybridized carbons (Fsp3) is 0.0123. The van der Waals surface area contributed by atoms with E-state index in [1.165, 1.54) is 6.07 Å². The van der Waals surface area contributed by atoms with Crippen molar-refractivity contribution in [3.8, 4) is 112 Å². The van der Waals surface area contributed by atoms with Gasteiger partial charge in [-0.05, 0) is 95.1 Å². The third-order valence-corrected chi connectivity index (χ3v) is 17.3. The molecule has 0 saturated heterocycles. The average molecular weight is 1200 g/mol. The lowest BCUT2D eigenvalue weighted by molar-refractivity contribution is -0.137. The first kappa shape index (κ1) is 55.4. The van der Waals surface area contributed by atoms with Crippen LogP contribution in [-0.4, -0.2) is 29.1 Å². The average Bonchev–Trinajstić information content (AvgIpc) is 1.52. The SMILES string of the molecule is Fc1cccc(F)c1-c1c(-n2c3cc(-c4cccnc4-c4ccccc4)ccc3c3ccc(-c4cccnc4-c4ccccc4)cc32)cc(C(F)(F)F)cc1-n1c2cc(-c3cccnc3-c3ccccc3)ccc2c2ccc(-c3cccnc3-c3ccccc3)cc21. The Labute approximate surface area is 525 Å². The number of halogens is 5. The second kappa shape index (κ2) is 22.6. The Balaban J connectivity index is 1.07. The van der Waals surface area contributed by atoms with E-state index in [0.717, 1.165) is 68.8 Å². The van der Waals surface area contributed by atoms with Crippen LogP contribution in [0.2, 0.25) is 0 Å². The molecule has 0 spiro atoms. The first-order valence-electron chi connectivity index (χ1n) is 30.0. The molecule has 16 rings (SSSR count). The molecule has 0 aliphatic rings. The van der Waals surface area contributed by atoms with Gasteiger partial charge in [-0.1, -0.05) is 200 Å². The summed E-state index contributed by atoms with van der Waals surface area (Å²) in [6.07, 6.45) is 1.89. The molecule has 0 aliphatic carbocycles. The zero-order chi connectivity index (χ0) is 62.0. The van der Waals surface area contributed by atoms with Crippen molar-refractivity contribution in [3.05, 3.63) is 315 Å². The van der Waals surface area contributed by atoms with E-state index in [9.17, 15) is 0 Å². The van der Waals surface area contributed by atoms with Crippen LogP contribution in [0.1, 0.15) is 5.56 Å². The second-order valence-corrected chi connectivity index (χ2v) is 22.6. The molecule has 0 fully saturated rings. The standard InChI is InChI=1S/C81H49F5N6/c82-67-30-13-31-68(83)75(67)76-73(91-69-44-54(59-26-14-40-87-77(59)50-18-5-1-6-19-50)32-36-63(69)64-37-33-55(45-70(64)91)60-27-15-41-88-78(60)51-20-7-2-8-21-51)48-58(81(84,85)86)49-74(76)92-71-46-56(61-28-16-42-89-79(61)52-22-9-3-10-23-52)34-38-65(71)66-39-35-57(47-72(66)92)62-29-17-43-90-80(62)53-24-11-4-12-25-53/h1-49H. The Bertz CT molecular complexity index is 4920. The fourth-order valence-corrected chi connectivity index (χ4v) is 13.2. The second-order valence-electron chi connectivity index (χ2n) is 22.6. The van der Waals surface area contributed by atoms with Crippen molar-refractivity contribution < 1.29 is 22.0 Å². The number of nitrogens with zero attached hydrogens (tertiary/aromatic N) is 6. The highest BCUT2D eigenvalue weighted by Gasteiger charge is 2.36. The highest BCUT2D eigenvalue weighted by atomic mass is 19.4. The highest BCUT2D eigenvalue weighted by molar-refractivity contribution is 6.15. The molecule has 0 amide bonds. The number of aromatic nitrogens is 6. The Hall–Kier alpha value is -12.0. The van der Waals surface area contributed by atoms with E-state index < -0.39 is 28.9 Å². The monoisotopic (exact) mass is 1200 g/mol. The van der Waals surface area contributed by atoms with E-state index in [-0.39, 0.29) is 16.9 Å². The molecule has 11 heteroatoms. The molecule has 6 aromatic heterocycles. The Morgan fingerprint density at radius 1 is 0.261 bits per heavy atom. The zero-order valence-corrected chi connectivity index (χ0v) is 48.9. The fourth-order valence-electron chi connectivity index (χ4n) is 13.2. The number of hydrogen-bond acceptors (Lipinski definition) is 4. The van der Waals surface area contributed by atoms with Crippen LogP contribution in [0.25, 0.3) is 156 Å². The van der Waals surface area contributed by atoms with Gasteiger partial charge in [-0.25, -0.2) is 8.78 Å². The Morgan fingerprint density at radius 2 is 0.543 bits per heavy atom. The largest absolute Gasteiger partial charge is 0.416 e. The molecule has 438 valence electrons. The molecular weight excluding hydrogens is 1150 g/mol. The van der Waals surface area contributed by atoms with Crippen LogP contribution in [0, 0.1) is 11.6 Å². The van der Waals surface area contributed by atoms with E-state index in [1.807, 2.05) is 243 Å². The molecule has 6 heterocycles. The van der Waals surface area contributed by atoms with Crippen LogP contribution in [0.3, 0.4) is 0 Å². The summed E-state index contributed by atoms with van der Waals surface area (Å²) in [6.45, 7) is 0. The van der Waals surface area contributed by atoms with Crippen LogP contribution >= 0.6 is 0 Å². The number of benzene rings is 10. The predicted molar refractivity (Wildman–Crippen MR) is 360 cm³/mol. The summed E-state index contributed by atoms with van der Waals surface area (Å²) in [4.78, 5) is 19.5. The number of alkyl halides is 3. The van der Waals surface area contributed by atoms with Crippen LogP contribution in [-0.2, 0) is 6.18 Å². The summed E-state index contributed by atoms with van der Waals surface area (Å²) < 4.78 is 89.4. The molecule has 0 unspecified atom stereocenters. The van der Waals surface area contributed by atoms with Gasteiger partial charge in [0.25, 0.3) is 0 Å². The molecule has 0 saturated carbocycles. The molecule has 16 aromatic rings. The minimum Gasteiger partial charge on any atom is -0.308 e. The van der Waals surface area contributed by atoms with Crippen molar-refractivity contribution in [2.24, 2.45) is 0 Å². The Morgan fingerprint density at radius 3 is 0.815 bits per heavy atom. The lowest BCUT2D eigenvalue weighted by Crippen LogP contribution is -2.12. The maximum absolute atomic E-state index is 17.8. The van der Waals surface area contributed by atoms with Crippen molar-refractivity contribution >= 4 is 43.6 Å². The highest BCUT2D eigenvalue weighted by Crippen LogP contribution is 2.49. The first-order valence-corrected chi connectivity index (χ1v) is 30.0. The summed E-state index contributed by atoms with van der Waals surface area (Å²) in [6, 6.07) is 83.4. The smallest absolute Gasteiger partial charge is 0.308 e. The molecule has 0 bridgehead atoms. The molecule has 6 nitrogen and oxygen atoms in total. The van der Waals surface area contributed by atoms with E-state index in [2.05, 4.69) is 0 Å². The van der Waals surface area contributed by atoms with Gasteiger partial charge in [0, 0.05) is 96.4 Å². The normalized spacial score (nSPS) is 11.8. The summed E-state index contributed by atoms with van der Waals surface area (Å²) in [5.41, 5.74) is 12.0. The molecule has 10 aromatic carbocycles. The van der Waals surface area contributed by atoms with E-state index >= 15 is 22.0 Å². The lowest BCUT2D eigenvalue weighted by Gasteiger charge is -2.23. The molecule has 0 N–H and O–H groups in total. The minimum absolute atomic E-state index is 0.128. The number of rotatable bonds is 11. The topological polar surface area (TPSA) is 61.4 Å². The third-order valence-electron chi connectivity index (χ3n) is 17.3. The Kier molecular flexibility index (Phi) is 13.6. The summed E-state index contributed by atoms with van der Waals surface area (Å²) in [5.74, 6) is -1.96. The van der Waals surface area contributed by atoms with Gasteiger partial charge in [-0.3, -0.25) is 19.9 Å². The molecule has 0 aliphatic heterocycles. The van der Waals surface area contributed by atoms with Crippen molar-refractivity contribution in [1.29, 1.82) is 0 Å². The zero-order valence-electron chi connectivity index (χ0n) is 48.9. The van der Waals surface area contributed by atoms with Crippen molar-refractivity contribution in [2.45, 2.75) is 6.18 Å². The maximum Gasteiger partial charge on any atom is 0.416 e. The van der Waals surface area contributed by atoms with Crippen LogP contribution in [0.15, 0.2) is 298 Å². The summed E-state index contributed by atoms with van der Waals surface area (Å²) >= 11 is 0. The van der Waals surface area contributed by atoms with Crippen LogP contribution in [0.4, 0.5) is 22.0 Å². The summed E-state index contributed by atoms with van der Waals surface area (Å²) in [7, 11) is 0. The first-order chi connectivity index (χ1) is 45.1. The van der Waals surface area contributed by atoms with Crippen LogP contribution < -0.4 is 0 Å². The van der Waals surface area contributed by atoms with Gasteiger partial charge in [0.2, 0.25) is 0 Å². The third kappa shape index (κ3) is 9.57.